The van der Waals surface area contributed by atoms with Crippen LogP contribution >= 0.6 is 0 Å². The number of amides is 1. The van der Waals surface area contributed by atoms with Crippen molar-refractivity contribution in [2.24, 2.45) is 0 Å². The van der Waals surface area contributed by atoms with E-state index in [2.05, 4.69) is 10.2 Å². The Morgan fingerprint density at radius 1 is 1.10 bits per heavy atom. The fraction of sp³-hybridized carbons (Fsp3) is 0.381. The van der Waals surface area contributed by atoms with Gasteiger partial charge in [-0.1, -0.05) is 0 Å². The number of anilines is 2. The molecule has 1 saturated heterocycles. The number of carbonyl (C=O) groups is 1. The molecule has 1 atom stereocenters. The molecule has 3 rings (SSSR count). The Labute approximate surface area is 172 Å². The van der Waals surface area contributed by atoms with Crippen molar-refractivity contribution in [2.75, 3.05) is 44.5 Å². The molecule has 0 aromatic heterocycles. The molecule has 0 aliphatic carbocycles. The number of rotatable bonds is 6. The minimum Gasteiger partial charge on any atom is -0.380 e. The maximum absolute atomic E-state index is 12.5. The van der Waals surface area contributed by atoms with Gasteiger partial charge in [-0.25, -0.2) is 12.7 Å². The fourth-order valence-corrected chi connectivity index (χ4v) is 4.21. The van der Waals surface area contributed by atoms with Crippen LogP contribution in [-0.4, -0.2) is 59.0 Å². The van der Waals surface area contributed by atoms with Crippen molar-refractivity contribution in [3.63, 3.8) is 0 Å². The van der Waals surface area contributed by atoms with E-state index < -0.39 is 10.0 Å². The van der Waals surface area contributed by atoms with E-state index in [1.165, 1.54) is 38.4 Å². The number of benzene rings is 2. The first kappa shape index (κ1) is 21.3. The van der Waals surface area contributed by atoms with E-state index >= 15 is 0 Å². The minimum absolute atomic E-state index is 0.152. The van der Waals surface area contributed by atoms with E-state index in [0.717, 1.165) is 35.9 Å². The zero-order chi connectivity index (χ0) is 21.0. The lowest BCUT2D eigenvalue weighted by Gasteiger charge is -2.33. The summed E-state index contributed by atoms with van der Waals surface area (Å²) in [5.74, 6) is -0.288. The molecule has 1 amide bonds. The van der Waals surface area contributed by atoms with Gasteiger partial charge in [0, 0.05) is 51.2 Å². The first-order valence-corrected chi connectivity index (χ1v) is 11.0. The molecule has 8 heteroatoms. The molecule has 0 saturated carbocycles. The Morgan fingerprint density at radius 2 is 1.76 bits per heavy atom. The lowest BCUT2D eigenvalue weighted by atomic mass is 10.1. The lowest BCUT2D eigenvalue weighted by Crippen LogP contribution is -2.39. The molecule has 1 aliphatic rings. The average molecular weight is 418 g/mol. The van der Waals surface area contributed by atoms with Crippen molar-refractivity contribution in [3.05, 3.63) is 54.1 Å². The number of carbonyl (C=O) groups excluding carboxylic acids is 1. The second kappa shape index (κ2) is 8.94. The van der Waals surface area contributed by atoms with Gasteiger partial charge in [0.25, 0.3) is 5.91 Å². The number of methoxy groups -OCH3 is 1. The highest BCUT2D eigenvalue weighted by Gasteiger charge is 2.20. The lowest BCUT2D eigenvalue weighted by molar-refractivity contribution is 0.0893. The van der Waals surface area contributed by atoms with Crippen molar-refractivity contribution in [1.82, 2.24) is 4.31 Å². The van der Waals surface area contributed by atoms with Crippen LogP contribution in [0.3, 0.4) is 0 Å². The topological polar surface area (TPSA) is 79.0 Å². The normalized spacial score (nSPS) is 17.4. The summed E-state index contributed by atoms with van der Waals surface area (Å²) in [6.07, 6.45) is 2.43. The number of nitrogens with one attached hydrogen (secondary N) is 1. The van der Waals surface area contributed by atoms with Crippen LogP contribution in [0.4, 0.5) is 11.4 Å². The third-order valence-corrected chi connectivity index (χ3v) is 6.93. The summed E-state index contributed by atoms with van der Waals surface area (Å²) in [6.45, 7) is 1.86. The summed E-state index contributed by atoms with van der Waals surface area (Å²) in [5, 5.41) is 2.85. The molecule has 156 valence electrons. The fourth-order valence-electron chi connectivity index (χ4n) is 3.31. The molecule has 29 heavy (non-hydrogen) atoms. The molecule has 1 heterocycles. The van der Waals surface area contributed by atoms with E-state index in [4.69, 9.17) is 4.74 Å². The first-order chi connectivity index (χ1) is 13.8. The highest BCUT2D eigenvalue weighted by Crippen LogP contribution is 2.23. The molecule has 0 radical (unpaired) electrons. The highest BCUT2D eigenvalue weighted by molar-refractivity contribution is 7.89. The van der Waals surface area contributed by atoms with Gasteiger partial charge in [0.15, 0.2) is 0 Å². The van der Waals surface area contributed by atoms with Crippen molar-refractivity contribution in [1.29, 1.82) is 0 Å². The average Bonchev–Trinajstić information content (AvgIpc) is 2.74. The van der Waals surface area contributed by atoms with Gasteiger partial charge in [-0.3, -0.25) is 4.79 Å². The van der Waals surface area contributed by atoms with Crippen LogP contribution in [0.15, 0.2) is 53.4 Å². The third-order valence-electron chi connectivity index (χ3n) is 5.10. The van der Waals surface area contributed by atoms with Crippen LogP contribution in [0.5, 0.6) is 0 Å². The number of sulfonamides is 1. The summed E-state index contributed by atoms with van der Waals surface area (Å²) >= 11 is 0. The largest absolute Gasteiger partial charge is 0.380 e. The molecule has 2 aromatic rings. The van der Waals surface area contributed by atoms with E-state index in [9.17, 15) is 13.2 Å². The molecular formula is C21H27N3O4S. The number of nitrogens with zero attached hydrogens (tertiary/aromatic N) is 2. The van der Waals surface area contributed by atoms with Crippen molar-refractivity contribution in [3.8, 4) is 0 Å². The molecule has 7 nitrogen and oxygen atoms in total. The zero-order valence-corrected chi connectivity index (χ0v) is 17.8. The second-order valence-corrected chi connectivity index (χ2v) is 9.41. The molecule has 1 aliphatic heterocycles. The Hall–Kier alpha value is -2.42. The van der Waals surface area contributed by atoms with Gasteiger partial charge in [0.2, 0.25) is 10.0 Å². The number of piperidine rings is 1. The van der Waals surface area contributed by atoms with E-state index in [0.29, 0.717) is 11.3 Å². The van der Waals surface area contributed by atoms with Crippen LogP contribution in [0, 0.1) is 0 Å². The van der Waals surface area contributed by atoms with Crippen molar-refractivity contribution in [2.45, 2.75) is 23.8 Å². The summed E-state index contributed by atoms with van der Waals surface area (Å²) in [7, 11) is 1.18. The molecule has 2 aromatic carbocycles. The van der Waals surface area contributed by atoms with Crippen LogP contribution < -0.4 is 10.2 Å². The van der Waals surface area contributed by atoms with Crippen LogP contribution in [0.1, 0.15) is 23.2 Å². The molecule has 1 unspecified atom stereocenters. The maximum atomic E-state index is 12.5. The van der Waals surface area contributed by atoms with Crippen molar-refractivity contribution < 1.29 is 17.9 Å². The molecule has 0 bridgehead atoms. The number of ether oxygens (including phenoxy) is 1. The summed E-state index contributed by atoms with van der Waals surface area (Å²) < 4.78 is 30.9. The van der Waals surface area contributed by atoms with Gasteiger partial charge in [0.05, 0.1) is 11.0 Å². The first-order valence-electron chi connectivity index (χ1n) is 9.53. The molecule has 1 fully saturated rings. The van der Waals surface area contributed by atoms with Gasteiger partial charge in [-0.15, -0.1) is 0 Å². The van der Waals surface area contributed by atoms with Gasteiger partial charge in [-0.2, -0.15) is 0 Å². The predicted molar refractivity (Wildman–Crippen MR) is 114 cm³/mol. The summed E-state index contributed by atoms with van der Waals surface area (Å²) in [4.78, 5) is 14.9. The zero-order valence-electron chi connectivity index (χ0n) is 17.0. The summed E-state index contributed by atoms with van der Waals surface area (Å²) in [5.41, 5.74) is 2.18. The Balaban J connectivity index is 1.65. The van der Waals surface area contributed by atoms with Gasteiger partial charge in [0.1, 0.15) is 0 Å². The molecule has 1 N–H and O–H groups in total. The molecule has 0 spiro atoms. The number of hydrogen-bond donors (Lipinski definition) is 1. The van der Waals surface area contributed by atoms with E-state index in [1.807, 2.05) is 24.3 Å². The SMILES string of the molecule is COC1CCCN(c2ccc(NC(=O)c3ccc(S(=O)(=O)N(C)C)cc3)cc2)C1. The summed E-state index contributed by atoms with van der Waals surface area (Å²) in [6, 6.07) is 13.6. The number of hydrogen-bond acceptors (Lipinski definition) is 5. The smallest absolute Gasteiger partial charge is 0.255 e. The monoisotopic (exact) mass is 417 g/mol. The molecular weight excluding hydrogens is 390 g/mol. The van der Waals surface area contributed by atoms with Crippen LogP contribution in [0.25, 0.3) is 0 Å². The Bertz CT molecular complexity index is 941. The Kier molecular flexibility index (Phi) is 6.56. The predicted octanol–water partition coefficient (Wildman–Crippen LogP) is 2.80. The van der Waals surface area contributed by atoms with E-state index in [1.54, 1.807) is 7.11 Å². The van der Waals surface area contributed by atoms with Crippen LogP contribution in [0.2, 0.25) is 0 Å². The van der Waals surface area contributed by atoms with Crippen molar-refractivity contribution >= 4 is 27.3 Å². The third kappa shape index (κ3) is 4.95. The maximum Gasteiger partial charge on any atom is 0.255 e. The minimum atomic E-state index is -3.51. The van der Waals surface area contributed by atoms with E-state index in [-0.39, 0.29) is 16.9 Å². The van der Waals surface area contributed by atoms with Gasteiger partial charge < -0.3 is 15.0 Å². The van der Waals surface area contributed by atoms with Gasteiger partial charge >= 0.3 is 0 Å². The van der Waals surface area contributed by atoms with Gasteiger partial charge in [-0.05, 0) is 61.4 Å². The quantitative estimate of drug-likeness (QED) is 0.782. The Morgan fingerprint density at radius 3 is 2.34 bits per heavy atom. The highest BCUT2D eigenvalue weighted by atomic mass is 32.2. The van der Waals surface area contributed by atoms with Crippen LogP contribution in [-0.2, 0) is 14.8 Å². The standard InChI is InChI=1S/C21H27N3O4S/c1-23(2)29(26,27)20-12-6-16(7-13-20)21(25)22-17-8-10-18(11-9-17)24-14-4-5-19(15-24)28-3/h6-13,19H,4-5,14-15H2,1-3H3,(H,22,25). The second-order valence-electron chi connectivity index (χ2n) is 7.26.